The molecule has 0 spiro atoms. The molecule has 0 aliphatic heterocycles. The number of hydrogen-bond donors (Lipinski definition) is 1. The van der Waals surface area contributed by atoms with Crippen molar-refractivity contribution in [3.8, 4) is 5.82 Å². The first-order valence-corrected chi connectivity index (χ1v) is 10.3. The van der Waals surface area contributed by atoms with Gasteiger partial charge in [-0.1, -0.05) is 29.8 Å². The Morgan fingerprint density at radius 1 is 1.07 bits per heavy atom. The molecule has 30 heavy (non-hydrogen) atoms. The highest BCUT2D eigenvalue weighted by Gasteiger charge is 2.16. The molecule has 0 radical (unpaired) electrons. The van der Waals surface area contributed by atoms with Crippen LogP contribution in [0.2, 0.25) is 0 Å². The standard InChI is InChI=1S/C24H27N5O/c1-17-8-6-9-20(14-17)16-25-21(30)10-7-13-29-23-22(18(2)15-19(3)26-23)24(27-29)28-11-4-5-12-28/h4-6,8-9,11-12,14-15H,7,10,13,16H2,1-3H3,(H,25,30). The second-order valence-electron chi connectivity index (χ2n) is 7.79. The van der Waals surface area contributed by atoms with E-state index in [1.165, 1.54) is 5.56 Å². The molecule has 1 amide bonds. The van der Waals surface area contributed by atoms with Crippen molar-refractivity contribution in [3.05, 3.63) is 77.2 Å². The van der Waals surface area contributed by atoms with E-state index in [1.54, 1.807) is 0 Å². The Balaban J connectivity index is 1.44. The fraction of sp³-hybridized carbons (Fsp3) is 0.292. The summed E-state index contributed by atoms with van der Waals surface area (Å²) in [5.74, 6) is 0.933. The van der Waals surface area contributed by atoms with Gasteiger partial charge in [-0.2, -0.15) is 5.10 Å². The lowest BCUT2D eigenvalue weighted by atomic mass is 10.1. The Hall–Kier alpha value is -3.41. The van der Waals surface area contributed by atoms with Crippen molar-refractivity contribution < 1.29 is 4.79 Å². The van der Waals surface area contributed by atoms with Crippen LogP contribution < -0.4 is 5.32 Å². The zero-order chi connectivity index (χ0) is 21.1. The van der Waals surface area contributed by atoms with Crippen molar-refractivity contribution in [3.63, 3.8) is 0 Å². The fourth-order valence-corrected chi connectivity index (χ4v) is 3.80. The first kappa shape index (κ1) is 19.9. The van der Waals surface area contributed by atoms with Crippen molar-refractivity contribution in [1.82, 2.24) is 24.6 Å². The first-order chi connectivity index (χ1) is 14.5. The van der Waals surface area contributed by atoms with Gasteiger partial charge in [-0.05, 0) is 56.5 Å². The first-order valence-electron chi connectivity index (χ1n) is 10.3. The van der Waals surface area contributed by atoms with E-state index in [2.05, 4.69) is 37.4 Å². The minimum Gasteiger partial charge on any atom is -0.352 e. The van der Waals surface area contributed by atoms with Gasteiger partial charge in [0, 0.05) is 37.6 Å². The molecule has 3 heterocycles. The number of nitrogens with one attached hydrogen (secondary N) is 1. The molecule has 4 rings (SSSR count). The fourth-order valence-electron chi connectivity index (χ4n) is 3.80. The number of aromatic nitrogens is 4. The highest BCUT2D eigenvalue weighted by molar-refractivity contribution is 5.87. The van der Waals surface area contributed by atoms with E-state index in [4.69, 9.17) is 10.1 Å². The van der Waals surface area contributed by atoms with Crippen LogP contribution in [0.4, 0.5) is 0 Å². The lowest BCUT2D eigenvalue weighted by Crippen LogP contribution is -2.22. The topological polar surface area (TPSA) is 64.7 Å². The molecule has 4 aromatic rings. The lowest BCUT2D eigenvalue weighted by Gasteiger charge is -2.07. The predicted molar refractivity (Wildman–Crippen MR) is 119 cm³/mol. The van der Waals surface area contributed by atoms with Crippen LogP contribution in [0.15, 0.2) is 54.9 Å². The summed E-state index contributed by atoms with van der Waals surface area (Å²) in [7, 11) is 0. The molecule has 0 unspecified atom stereocenters. The zero-order valence-corrected chi connectivity index (χ0v) is 17.7. The molecular formula is C24H27N5O. The third-order valence-corrected chi connectivity index (χ3v) is 5.20. The van der Waals surface area contributed by atoms with E-state index in [0.717, 1.165) is 33.7 Å². The van der Waals surface area contributed by atoms with Crippen molar-refractivity contribution in [2.45, 2.75) is 46.7 Å². The highest BCUT2D eigenvalue weighted by atomic mass is 16.1. The van der Waals surface area contributed by atoms with Crippen LogP contribution in [0.5, 0.6) is 0 Å². The van der Waals surface area contributed by atoms with Crippen molar-refractivity contribution in [2.75, 3.05) is 0 Å². The number of carbonyl (C=O) groups excluding carboxylic acids is 1. The molecule has 0 saturated carbocycles. The van der Waals surface area contributed by atoms with Gasteiger partial charge in [-0.15, -0.1) is 0 Å². The van der Waals surface area contributed by atoms with Gasteiger partial charge in [-0.25, -0.2) is 9.67 Å². The Bertz CT molecular complexity index is 1170. The Labute approximate surface area is 176 Å². The van der Waals surface area contributed by atoms with Gasteiger partial charge in [0.15, 0.2) is 11.5 Å². The number of nitrogens with zero attached hydrogens (tertiary/aromatic N) is 4. The summed E-state index contributed by atoms with van der Waals surface area (Å²) >= 11 is 0. The number of carbonyl (C=O) groups is 1. The van der Waals surface area contributed by atoms with E-state index < -0.39 is 0 Å². The molecule has 0 atom stereocenters. The summed E-state index contributed by atoms with van der Waals surface area (Å²) < 4.78 is 3.94. The Morgan fingerprint density at radius 2 is 1.87 bits per heavy atom. The second kappa shape index (κ2) is 8.53. The quantitative estimate of drug-likeness (QED) is 0.504. The van der Waals surface area contributed by atoms with E-state index in [9.17, 15) is 4.79 Å². The summed E-state index contributed by atoms with van der Waals surface area (Å²) in [6.45, 7) is 7.35. The monoisotopic (exact) mass is 401 g/mol. The van der Waals surface area contributed by atoms with Crippen LogP contribution in [0.3, 0.4) is 0 Å². The van der Waals surface area contributed by atoms with Gasteiger partial charge in [-0.3, -0.25) is 4.79 Å². The van der Waals surface area contributed by atoms with Crippen LogP contribution in [0.25, 0.3) is 16.9 Å². The van der Waals surface area contributed by atoms with Gasteiger partial charge in [0.1, 0.15) is 0 Å². The van der Waals surface area contributed by atoms with Gasteiger partial charge in [0.25, 0.3) is 0 Å². The van der Waals surface area contributed by atoms with Gasteiger partial charge >= 0.3 is 0 Å². The average molecular weight is 402 g/mol. The average Bonchev–Trinajstić information content (AvgIpc) is 3.35. The summed E-state index contributed by atoms with van der Waals surface area (Å²) in [6.07, 6.45) is 5.14. The van der Waals surface area contributed by atoms with E-state index >= 15 is 0 Å². The Kier molecular flexibility index (Phi) is 5.65. The van der Waals surface area contributed by atoms with E-state index in [-0.39, 0.29) is 5.91 Å². The molecule has 3 aromatic heterocycles. The number of amides is 1. The second-order valence-corrected chi connectivity index (χ2v) is 7.79. The predicted octanol–water partition coefficient (Wildman–Crippen LogP) is 4.24. The number of pyridine rings is 1. The van der Waals surface area contributed by atoms with Crippen LogP contribution in [-0.4, -0.2) is 25.2 Å². The number of hydrogen-bond acceptors (Lipinski definition) is 3. The summed E-state index contributed by atoms with van der Waals surface area (Å²) in [6, 6.07) is 14.2. The van der Waals surface area contributed by atoms with Gasteiger partial charge in [0.2, 0.25) is 5.91 Å². The van der Waals surface area contributed by atoms with Gasteiger partial charge < -0.3 is 9.88 Å². The van der Waals surface area contributed by atoms with Crippen molar-refractivity contribution in [2.24, 2.45) is 0 Å². The summed E-state index contributed by atoms with van der Waals surface area (Å²) in [5.41, 5.74) is 5.31. The zero-order valence-electron chi connectivity index (χ0n) is 17.7. The number of benzene rings is 1. The van der Waals surface area contributed by atoms with Crippen molar-refractivity contribution >= 4 is 16.9 Å². The smallest absolute Gasteiger partial charge is 0.220 e. The van der Waals surface area contributed by atoms with E-state index in [1.807, 2.05) is 52.8 Å². The molecule has 0 aliphatic rings. The summed E-state index contributed by atoms with van der Waals surface area (Å²) in [4.78, 5) is 17.0. The van der Waals surface area contributed by atoms with Crippen LogP contribution >= 0.6 is 0 Å². The maximum absolute atomic E-state index is 12.3. The normalized spacial score (nSPS) is 11.2. The molecule has 6 nitrogen and oxygen atoms in total. The number of aryl methyl sites for hydroxylation is 4. The van der Waals surface area contributed by atoms with E-state index in [0.29, 0.717) is 25.9 Å². The lowest BCUT2D eigenvalue weighted by molar-refractivity contribution is -0.121. The molecule has 0 saturated heterocycles. The largest absolute Gasteiger partial charge is 0.352 e. The van der Waals surface area contributed by atoms with Crippen LogP contribution in [-0.2, 0) is 17.9 Å². The third-order valence-electron chi connectivity index (χ3n) is 5.20. The maximum Gasteiger partial charge on any atom is 0.220 e. The van der Waals surface area contributed by atoms with Crippen LogP contribution in [0, 0.1) is 20.8 Å². The summed E-state index contributed by atoms with van der Waals surface area (Å²) in [5, 5.41) is 8.88. The number of fused-ring (bicyclic) bond motifs is 1. The Morgan fingerprint density at radius 3 is 2.63 bits per heavy atom. The van der Waals surface area contributed by atoms with Crippen LogP contribution in [0.1, 0.15) is 35.2 Å². The third kappa shape index (κ3) is 4.27. The molecule has 154 valence electrons. The molecule has 1 N–H and O–H groups in total. The molecule has 0 aliphatic carbocycles. The van der Waals surface area contributed by atoms with Gasteiger partial charge in [0.05, 0.1) is 5.39 Å². The maximum atomic E-state index is 12.3. The minimum absolute atomic E-state index is 0.0546. The SMILES string of the molecule is Cc1cccc(CNC(=O)CCCn2nc(-n3cccc3)c3c(C)cc(C)nc32)c1. The molecule has 0 fully saturated rings. The number of rotatable bonds is 7. The highest BCUT2D eigenvalue weighted by Crippen LogP contribution is 2.25. The van der Waals surface area contributed by atoms with Crippen molar-refractivity contribution in [1.29, 1.82) is 0 Å². The molecule has 1 aromatic carbocycles. The molecule has 0 bridgehead atoms. The molecular weight excluding hydrogens is 374 g/mol. The minimum atomic E-state index is 0.0546. The molecule has 6 heteroatoms.